The summed E-state index contributed by atoms with van der Waals surface area (Å²) in [5, 5.41) is 2.71. The Kier molecular flexibility index (Phi) is 8.16. The Bertz CT molecular complexity index is 541. The lowest BCUT2D eigenvalue weighted by atomic mass is 10.4. The SMILES string of the molecule is C=CC[P+](/C=C/OCC)(c1ccccc1)c1ccccc1.[Br-]. The van der Waals surface area contributed by atoms with Crippen LogP contribution in [0.3, 0.4) is 0 Å². The van der Waals surface area contributed by atoms with E-state index in [1.165, 1.54) is 10.6 Å². The highest BCUT2D eigenvalue weighted by Gasteiger charge is 2.39. The van der Waals surface area contributed by atoms with Crippen molar-refractivity contribution < 1.29 is 21.7 Å². The van der Waals surface area contributed by atoms with Crippen LogP contribution in [0.4, 0.5) is 0 Å². The second-order valence-electron chi connectivity index (χ2n) is 4.75. The van der Waals surface area contributed by atoms with Crippen LogP contribution in [0.15, 0.2) is 85.4 Å². The van der Waals surface area contributed by atoms with Crippen molar-refractivity contribution in [2.24, 2.45) is 0 Å². The van der Waals surface area contributed by atoms with Crippen LogP contribution in [0.5, 0.6) is 0 Å². The molecule has 0 spiro atoms. The van der Waals surface area contributed by atoms with Crippen LogP contribution in [-0.2, 0) is 4.74 Å². The molecule has 0 radical (unpaired) electrons. The molecule has 2 aromatic carbocycles. The third kappa shape index (κ3) is 4.32. The fraction of sp³-hybridized carbons (Fsp3) is 0.158. The molecular weight excluding hydrogens is 355 g/mol. The van der Waals surface area contributed by atoms with E-state index in [-0.39, 0.29) is 17.0 Å². The summed E-state index contributed by atoms with van der Waals surface area (Å²) in [5.41, 5.74) is 0. The van der Waals surface area contributed by atoms with Crippen molar-refractivity contribution in [3.8, 4) is 0 Å². The van der Waals surface area contributed by atoms with E-state index in [4.69, 9.17) is 4.74 Å². The monoisotopic (exact) mass is 376 g/mol. The molecule has 0 aromatic heterocycles. The fourth-order valence-corrected chi connectivity index (χ4v) is 5.72. The van der Waals surface area contributed by atoms with E-state index in [1.807, 2.05) is 19.3 Å². The minimum Gasteiger partial charge on any atom is -1.00 e. The zero-order valence-electron chi connectivity index (χ0n) is 12.9. The zero-order valence-corrected chi connectivity index (χ0v) is 15.3. The molecule has 3 heteroatoms. The fourth-order valence-electron chi connectivity index (χ4n) is 2.43. The standard InChI is InChI=1S/C19H22OP.BrH/c1-3-16-21(17-15-20-4-2,18-11-7-5-8-12-18)19-13-9-6-10-14-19;/h3,5-15,17H,1,4,16H2,2H3;1H/q+1;/p-1/b17-15+;. The first-order valence-electron chi connectivity index (χ1n) is 7.22. The highest BCUT2D eigenvalue weighted by molar-refractivity contribution is 7.92. The number of benzene rings is 2. The lowest BCUT2D eigenvalue weighted by molar-refractivity contribution is -0.00000479. The van der Waals surface area contributed by atoms with Crippen LogP contribution in [0, 0.1) is 0 Å². The number of ether oxygens (including phenoxy) is 1. The molecule has 2 rings (SSSR count). The molecule has 0 fully saturated rings. The molecule has 2 aromatic rings. The summed E-state index contributed by atoms with van der Waals surface area (Å²) in [4.78, 5) is 0. The third-order valence-corrected chi connectivity index (χ3v) is 7.33. The van der Waals surface area contributed by atoms with Gasteiger partial charge in [0.25, 0.3) is 0 Å². The summed E-state index contributed by atoms with van der Waals surface area (Å²) >= 11 is 0. The van der Waals surface area contributed by atoms with Crippen molar-refractivity contribution >= 4 is 17.9 Å². The topological polar surface area (TPSA) is 9.23 Å². The van der Waals surface area contributed by atoms with Crippen molar-refractivity contribution in [2.75, 3.05) is 12.8 Å². The molecule has 0 aliphatic rings. The predicted molar refractivity (Wildman–Crippen MR) is 94.9 cm³/mol. The van der Waals surface area contributed by atoms with Gasteiger partial charge in [0, 0.05) is 0 Å². The maximum absolute atomic E-state index is 5.49. The van der Waals surface area contributed by atoms with E-state index in [2.05, 4.69) is 73.1 Å². The van der Waals surface area contributed by atoms with Crippen molar-refractivity contribution in [3.05, 3.63) is 85.4 Å². The first-order chi connectivity index (χ1) is 10.3. The van der Waals surface area contributed by atoms with Gasteiger partial charge in [0.05, 0.1) is 12.8 Å². The smallest absolute Gasteiger partial charge is 0.118 e. The van der Waals surface area contributed by atoms with Crippen LogP contribution in [0.25, 0.3) is 0 Å². The van der Waals surface area contributed by atoms with Crippen molar-refractivity contribution in [1.29, 1.82) is 0 Å². The molecule has 22 heavy (non-hydrogen) atoms. The summed E-state index contributed by atoms with van der Waals surface area (Å²) in [7, 11) is -1.65. The van der Waals surface area contributed by atoms with E-state index in [0.29, 0.717) is 6.61 Å². The van der Waals surface area contributed by atoms with E-state index in [9.17, 15) is 0 Å². The Labute approximate surface area is 144 Å². The minimum atomic E-state index is -1.65. The number of halogens is 1. The van der Waals surface area contributed by atoms with E-state index in [1.54, 1.807) is 0 Å². The Morgan fingerprint density at radius 2 is 1.45 bits per heavy atom. The van der Waals surface area contributed by atoms with Gasteiger partial charge in [0.15, 0.2) is 0 Å². The molecule has 0 saturated heterocycles. The van der Waals surface area contributed by atoms with Crippen LogP contribution in [0.2, 0.25) is 0 Å². The Morgan fingerprint density at radius 3 is 1.86 bits per heavy atom. The van der Waals surface area contributed by atoms with Gasteiger partial charge in [-0.15, -0.1) is 0 Å². The molecule has 0 unspecified atom stereocenters. The van der Waals surface area contributed by atoms with Crippen LogP contribution < -0.4 is 27.6 Å². The van der Waals surface area contributed by atoms with E-state index in [0.717, 1.165) is 6.16 Å². The second-order valence-corrected chi connectivity index (χ2v) is 8.19. The van der Waals surface area contributed by atoms with Crippen LogP contribution in [0.1, 0.15) is 6.92 Å². The van der Waals surface area contributed by atoms with Gasteiger partial charge in [0.2, 0.25) is 0 Å². The third-order valence-electron chi connectivity index (χ3n) is 3.43. The van der Waals surface area contributed by atoms with Crippen LogP contribution in [-0.4, -0.2) is 12.8 Å². The number of rotatable bonds is 7. The first-order valence-corrected chi connectivity index (χ1v) is 9.27. The van der Waals surface area contributed by atoms with Gasteiger partial charge in [0.1, 0.15) is 30.0 Å². The number of allylic oxidation sites excluding steroid dienone is 1. The molecule has 0 aliphatic carbocycles. The summed E-state index contributed by atoms with van der Waals surface area (Å²) in [5.74, 6) is 2.25. The number of hydrogen-bond acceptors (Lipinski definition) is 1. The lowest BCUT2D eigenvalue weighted by Crippen LogP contribution is -3.00. The van der Waals surface area contributed by atoms with Gasteiger partial charge in [-0.2, -0.15) is 0 Å². The minimum absolute atomic E-state index is 0. The summed E-state index contributed by atoms with van der Waals surface area (Å²) in [6.07, 6.45) is 4.81. The normalized spacial score (nSPS) is 11.0. The van der Waals surface area contributed by atoms with Gasteiger partial charge in [-0.05, 0) is 31.2 Å². The Hall–Kier alpha value is -1.37. The molecule has 0 N–H and O–H groups in total. The molecule has 0 aliphatic heterocycles. The zero-order chi connectivity index (χ0) is 15.0. The molecule has 0 atom stereocenters. The molecule has 0 saturated carbocycles. The van der Waals surface area contributed by atoms with Gasteiger partial charge in [-0.25, -0.2) is 0 Å². The average molecular weight is 377 g/mol. The highest BCUT2D eigenvalue weighted by Crippen LogP contribution is 2.57. The maximum Gasteiger partial charge on any atom is 0.118 e. The largest absolute Gasteiger partial charge is 1.00 e. The van der Waals surface area contributed by atoms with E-state index < -0.39 is 7.26 Å². The average Bonchev–Trinajstić information content (AvgIpc) is 2.56. The van der Waals surface area contributed by atoms with Gasteiger partial charge in [-0.3, -0.25) is 0 Å². The summed E-state index contributed by atoms with van der Waals surface area (Å²) in [6, 6.07) is 21.4. The van der Waals surface area contributed by atoms with Gasteiger partial charge < -0.3 is 21.7 Å². The Balaban J connectivity index is 0.00000242. The summed E-state index contributed by atoms with van der Waals surface area (Å²) < 4.78 is 5.49. The van der Waals surface area contributed by atoms with Gasteiger partial charge in [-0.1, -0.05) is 49.1 Å². The van der Waals surface area contributed by atoms with Crippen molar-refractivity contribution in [2.45, 2.75) is 6.92 Å². The predicted octanol–water partition coefficient (Wildman–Crippen LogP) is 1.35. The quantitative estimate of drug-likeness (QED) is 0.402. The molecular formula is C19H22BrOP. The Morgan fingerprint density at radius 1 is 0.955 bits per heavy atom. The molecule has 0 bridgehead atoms. The van der Waals surface area contributed by atoms with E-state index >= 15 is 0 Å². The molecule has 1 nitrogen and oxygen atoms in total. The molecule has 0 amide bonds. The second kappa shape index (κ2) is 9.61. The van der Waals surface area contributed by atoms with Crippen LogP contribution >= 0.6 is 7.26 Å². The first kappa shape index (κ1) is 18.7. The summed E-state index contributed by atoms with van der Waals surface area (Å²) in [6.45, 7) is 6.67. The highest BCUT2D eigenvalue weighted by atomic mass is 79.9. The number of hydrogen-bond donors (Lipinski definition) is 0. The maximum atomic E-state index is 5.49. The van der Waals surface area contributed by atoms with Crippen molar-refractivity contribution in [1.82, 2.24) is 0 Å². The van der Waals surface area contributed by atoms with Gasteiger partial charge >= 0.3 is 0 Å². The van der Waals surface area contributed by atoms with Crippen molar-refractivity contribution in [3.63, 3.8) is 0 Å². The lowest BCUT2D eigenvalue weighted by Gasteiger charge is -2.22. The molecule has 0 heterocycles. The molecule has 116 valence electrons.